The van der Waals surface area contributed by atoms with Crippen LogP contribution >= 0.6 is 11.3 Å². The fraction of sp³-hybridized carbons (Fsp3) is 0.733. The summed E-state index contributed by atoms with van der Waals surface area (Å²) in [7, 11) is 1.42. The number of thiazole rings is 1. The van der Waals surface area contributed by atoms with Crippen LogP contribution in [0.3, 0.4) is 0 Å². The molecular formula is C15H24N2O2S. The molecule has 112 valence electrons. The lowest BCUT2D eigenvalue weighted by molar-refractivity contribution is -0.140. The lowest BCUT2D eigenvalue weighted by atomic mass is 9.80. The van der Waals surface area contributed by atoms with Gasteiger partial charge in [-0.3, -0.25) is 4.79 Å². The van der Waals surface area contributed by atoms with E-state index < -0.39 is 0 Å². The fourth-order valence-corrected chi connectivity index (χ4v) is 3.43. The molecule has 20 heavy (non-hydrogen) atoms. The van der Waals surface area contributed by atoms with Gasteiger partial charge in [0.2, 0.25) is 0 Å². The third kappa shape index (κ3) is 3.72. The van der Waals surface area contributed by atoms with E-state index in [-0.39, 0.29) is 5.97 Å². The van der Waals surface area contributed by atoms with Crippen LogP contribution < -0.4 is 4.90 Å². The maximum absolute atomic E-state index is 11.1. The number of hydrogen-bond acceptors (Lipinski definition) is 5. The van der Waals surface area contributed by atoms with Gasteiger partial charge in [-0.05, 0) is 17.8 Å². The Morgan fingerprint density at radius 1 is 1.55 bits per heavy atom. The number of nitrogens with zero attached hydrogens (tertiary/aromatic N) is 2. The number of rotatable bonds is 4. The molecule has 1 aliphatic heterocycles. The molecule has 0 aliphatic carbocycles. The number of carbonyl (C=O) groups excluding carboxylic acids is 1. The first-order valence-corrected chi connectivity index (χ1v) is 8.04. The average Bonchev–Trinajstić information content (AvgIpc) is 3.03. The summed E-state index contributed by atoms with van der Waals surface area (Å²) in [5.74, 6) is 0.554. The number of carbonyl (C=O) groups is 1. The van der Waals surface area contributed by atoms with Crippen LogP contribution in [-0.2, 0) is 16.0 Å². The zero-order valence-corrected chi connectivity index (χ0v) is 13.6. The third-order valence-electron chi connectivity index (χ3n) is 4.04. The third-order valence-corrected chi connectivity index (χ3v) is 4.99. The van der Waals surface area contributed by atoms with E-state index in [1.54, 1.807) is 11.3 Å². The molecule has 1 aromatic heterocycles. The number of aromatic nitrogens is 1. The van der Waals surface area contributed by atoms with Crippen molar-refractivity contribution in [2.45, 2.75) is 40.0 Å². The average molecular weight is 296 g/mol. The van der Waals surface area contributed by atoms with E-state index in [4.69, 9.17) is 0 Å². The monoisotopic (exact) mass is 296 g/mol. The minimum atomic E-state index is -0.173. The van der Waals surface area contributed by atoms with Gasteiger partial charge in [0.05, 0.1) is 19.2 Å². The molecule has 1 fully saturated rings. The molecule has 0 radical (unpaired) electrons. The minimum Gasteiger partial charge on any atom is -0.469 e. The second-order valence-electron chi connectivity index (χ2n) is 6.50. The summed E-state index contributed by atoms with van der Waals surface area (Å²) in [6.45, 7) is 9.11. The standard InChI is InChI=1S/C15H24N2O2S/c1-15(2,3)11-7-8-17(9-11)14-16-12(10-20-14)5-6-13(18)19-4/h10-11H,5-9H2,1-4H3. The Morgan fingerprint density at radius 3 is 2.90 bits per heavy atom. The molecule has 1 aromatic rings. The van der Waals surface area contributed by atoms with Gasteiger partial charge in [0.25, 0.3) is 0 Å². The molecule has 2 rings (SSSR count). The van der Waals surface area contributed by atoms with Gasteiger partial charge in [0.15, 0.2) is 5.13 Å². The van der Waals surface area contributed by atoms with Crippen molar-refractivity contribution >= 4 is 22.4 Å². The van der Waals surface area contributed by atoms with Crippen LogP contribution in [0.4, 0.5) is 5.13 Å². The van der Waals surface area contributed by atoms with Gasteiger partial charge in [-0.25, -0.2) is 4.98 Å². The number of aryl methyl sites for hydroxylation is 1. The molecule has 0 aromatic carbocycles. The Bertz CT molecular complexity index is 465. The number of hydrogen-bond donors (Lipinski definition) is 0. The summed E-state index contributed by atoms with van der Waals surface area (Å²) in [6.07, 6.45) is 2.31. The number of ether oxygens (including phenoxy) is 1. The van der Waals surface area contributed by atoms with Gasteiger partial charge in [-0.1, -0.05) is 20.8 Å². The minimum absolute atomic E-state index is 0.173. The molecule has 1 saturated heterocycles. The predicted molar refractivity (Wildman–Crippen MR) is 82.2 cm³/mol. The summed E-state index contributed by atoms with van der Waals surface area (Å²) in [5, 5.41) is 3.15. The Kier molecular flexibility index (Phi) is 4.68. The van der Waals surface area contributed by atoms with E-state index in [2.05, 4.69) is 40.8 Å². The molecule has 0 amide bonds. The Morgan fingerprint density at radius 2 is 2.30 bits per heavy atom. The highest BCUT2D eigenvalue weighted by Gasteiger charge is 2.32. The topological polar surface area (TPSA) is 42.4 Å². The SMILES string of the molecule is COC(=O)CCc1csc(N2CCC(C(C)(C)C)C2)n1. The first-order chi connectivity index (χ1) is 9.40. The van der Waals surface area contributed by atoms with Gasteiger partial charge in [0.1, 0.15) is 0 Å². The van der Waals surface area contributed by atoms with Crippen LogP contribution in [0.1, 0.15) is 39.3 Å². The smallest absolute Gasteiger partial charge is 0.305 e. The quantitative estimate of drug-likeness (QED) is 0.801. The first-order valence-electron chi connectivity index (χ1n) is 7.16. The summed E-state index contributed by atoms with van der Waals surface area (Å²) < 4.78 is 4.66. The van der Waals surface area contributed by atoms with Crippen molar-refractivity contribution in [3.8, 4) is 0 Å². The van der Waals surface area contributed by atoms with Crippen LogP contribution in [0.5, 0.6) is 0 Å². The van der Waals surface area contributed by atoms with Crippen LogP contribution in [0.15, 0.2) is 5.38 Å². The highest BCUT2D eigenvalue weighted by Crippen LogP contribution is 2.36. The molecule has 0 saturated carbocycles. The predicted octanol–water partition coefficient (Wildman–Crippen LogP) is 3.12. The van der Waals surface area contributed by atoms with Crippen molar-refractivity contribution in [3.63, 3.8) is 0 Å². The van der Waals surface area contributed by atoms with Crippen molar-refractivity contribution in [1.82, 2.24) is 4.98 Å². The maximum Gasteiger partial charge on any atom is 0.305 e. The van der Waals surface area contributed by atoms with Crippen LogP contribution in [0, 0.1) is 11.3 Å². The van der Waals surface area contributed by atoms with E-state index in [9.17, 15) is 4.79 Å². The second-order valence-corrected chi connectivity index (χ2v) is 7.33. The molecule has 0 spiro atoms. The highest BCUT2D eigenvalue weighted by molar-refractivity contribution is 7.13. The van der Waals surface area contributed by atoms with Crippen molar-refractivity contribution in [3.05, 3.63) is 11.1 Å². The summed E-state index contributed by atoms with van der Waals surface area (Å²) in [4.78, 5) is 18.2. The lowest BCUT2D eigenvalue weighted by Crippen LogP contribution is -2.25. The summed E-state index contributed by atoms with van der Waals surface area (Å²) >= 11 is 1.68. The van der Waals surface area contributed by atoms with Gasteiger partial charge in [0, 0.05) is 24.9 Å². The zero-order chi connectivity index (χ0) is 14.8. The largest absolute Gasteiger partial charge is 0.469 e. The molecule has 2 heterocycles. The van der Waals surface area contributed by atoms with Crippen LogP contribution in [-0.4, -0.2) is 31.2 Å². The molecule has 1 aliphatic rings. The molecule has 0 bridgehead atoms. The highest BCUT2D eigenvalue weighted by atomic mass is 32.1. The molecule has 5 heteroatoms. The van der Waals surface area contributed by atoms with E-state index >= 15 is 0 Å². The van der Waals surface area contributed by atoms with Crippen molar-refractivity contribution in [2.24, 2.45) is 11.3 Å². The van der Waals surface area contributed by atoms with E-state index in [1.807, 2.05) is 0 Å². The lowest BCUT2D eigenvalue weighted by Gasteiger charge is -2.26. The van der Waals surface area contributed by atoms with Crippen LogP contribution in [0.2, 0.25) is 0 Å². The fourth-order valence-electron chi connectivity index (χ4n) is 2.53. The maximum atomic E-state index is 11.1. The first kappa shape index (κ1) is 15.3. The van der Waals surface area contributed by atoms with Crippen LogP contribution in [0.25, 0.3) is 0 Å². The molecule has 0 N–H and O–H groups in total. The summed E-state index contributed by atoms with van der Waals surface area (Å²) in [6, 6.07) is 0. The number of methoxy groups -OCH3 is 1. The van der Waals surface area contributed by atoms with Crippen molar-refractivity contribution in [2.75, 3.05) is 25.1 Å². The van der Waals surface area contributed by atoms with E-state index in [0.717, 1.165) is 29.8 Å². The van der Waals surface area contributed by atoms with Gasteiger partial charge < -0.3 is 9.64 Å². The van der Waals surface area contributed by atoms with Gasteiger partial charge in [-0.2, -0.15) is 0 Å². The van der Waals surface area contributed by atoms with Crippen molar-refractivity contribution in [1.29, 1.82) is 0 Å². The Labute approximate surface area is 125 Å². The number of esters is 1. The second kappa shape index (κ2) is 6.12. The molecule has 4 nitrogen and oxygen atoms in total. The Hall–Kier alpha value is -1.10. The number of anilines is 1. The van der Waals surface area contributed by atoms with E-state index in [1.165, 1.54) is 13.5 Å². The summed E-state index contributed by atoms with van der Waals surface area (Å²) in [5.41, 5.74) is 1.36. The van der Waals surface area contributed by atoms with Gasteiger partial charge >= 0.3 is 5.97 Å². The molecule has 1 unspecified atom stereocenters. The molecule has 1 atom stereocenters. The Balaban J connectivity index is 1.91. The van der Waals surface area contributed by atoms with Crippen molar-refractivity contribution < 1.29 is 9.53 Å². The van der Waals surface area contributed by atoms with Gasteiger partial charge in [-0.15, -0.1) is 11.3 Å². The van der Waals surface area contributed by atoms with E-state index in [0.29, 0.717) is 18.3 Å². The zero-order valence-electron chi connectivity index (χ0n) is 12.8. The molecular weight excluding hydrogens is 272 g/mol. The normalized spacial score (nSPS) is 19.4.